The molecule has 0 radical (unpaired) electrons. The minimum atomic E-state index is -5.26. The van der Waals surface area contributed by atoms with Crippen molar-refractivity contribution < 1.29 is 56.9 Å². The summed E-state index contributed by atoms with van der Waals surface area (Å²) in [6, 6.07) is 1.87. The molecular formula is C25H34N2O12P2. The van der Waals surface area contributed by atoms with Crippen LogP contribution in [0.1, 0.15) is 61.4 Å². The number of fused-ring (bicyclic) bond motifs is 1. The highest BCUT2D eigenvalue weighted by Crippen LogP contribution is 2.45. The van der Waals surface area contributed by atoms with Gasteiger partial charge in [0, 0.05) is 32.0 Å². The number of piperidine rings is 1. The molecule has 4 N–H and O–H groups in total. The number of likely N-dealkylation sites (tertiary alicyclic amines) is 1. The largest absolute Gasteiger partial charge is 0.524 e. The molecule has 226 valence electrons. The van der Waals surface area contributed by atoms with Gasteiger partial charge in [-0.15, -0.1) is 0 Å². The lowest BCUT2D eigenvalue weighted by Gasteiger charge is -2.26. The second kappa shape index (κ2) is 14.8. The molecule has 41 heavy (non-hydrogen) atoms. The number of allylic oxidation sites excluding steroid dienone is 3. The SMILES string of the molecule is CC1C/C=C/CC/C=C\C(=N/OCC(=O)N2CCCCC2)Cc2cc(OP(=O)(O)O)cc(OP(=O)(O)O)c2C(=O)O1. The first-order chi connectivity index (χ1) is 19.3. The number of carbonyl (C=O) groups excluding carboxylic acids is 2. The Kier molecular flexibility index (Phi) is 11.7. The zero-order valence-corrected chi connectivity index (χ0v) is 24.2. The van der Waals surface area contributed by atoms with Crippen LogP contribution in [0.25, 0.3) is 0 Å². The third kappa shape index (κ3) is 11.4. The number of hydrogen-bond acceptors (Lipinski definition) is 9. The number of hydrogen-bond donors (Lipinski definition) is 4. The van der Waals surface area contributed by atoms with Gasteiger partial charge in [-0.2, -0.15) is 0 Å². The smallest absolute Gasteiger partial charge is 0.459 e. The van der Waals surface area contributed by atoms with E-state index in [9.17, 15) is 38.3 Å². The quantitative estimate of drug-likeness (QED) is 0.151. The summed E-state index contributed by atoms with van der Waals surface area (Å²) in [6.07, 6.45) is 10.7. The maximum absolute atomic E-state index is 13.3. The van der Waals surface area contributed by atoms with Gasteiger partial charge in [-0.3, -0.25) is 24.4 Å². The molecule has 16 heteroatoms. The van der Waals surface area contributed by atoms with E-state index in [2.05, 4.69) is 9.68 Å². The molecule has 2 heterocycles. The van der Waals surface area contributed by atoms with Crippen molar-refractivity contribution in [3.63, 3.8) is 0 Å². The van der Waals surface area contributed by atoms with Crippen LogP contribution in [-0.2, 0) is 29.9 Å². The van der Waals surface area contributed by atoms with Crippen molar-refractivity contribution >= 4 is 33.2 Å². The van der Waals surface area contributed by atoms with E-state index in [1.54, 1.807) is 24.0 Å². The fourth-order valence-corrected chi connectivity index (χ4v) is 5.02. The molecule has 0 bridgehead atoms. The molecule has 0 spiro atoms. The Hall–Kier alpha value is -2.99. The van der Waals surface area contributed by atoms with Crippen LogP contribution in [0.5, 0.6) is 11.5 Å². The average molecular weight is 616 g/mol. The minimum absolute atomic E-state index is 0.0430. The van der Waals surface area contributed by atoms with E-state index in [4.69, 9.17) is 14.1 Å². The van der Waals surface area contributed by atoms with Gasteiger partial charge in [0.15, 0.2) is 6.61 Å². The standard InChI is InChI=1S/C25H34N2O12P2/c1-18-10-6-3-2-4-7-11-20(26-36-17-23(28)27-12-8-5-9-13-27)14-19-15-21(38-40(30,31)32)16-22(39-41(33,34)35)24(19)25(29)37-18/h3,6-7,11,15-16,18H,2,4-5,8-10,12-14,17H2,1H3,(H2,30,31,32)(H2,33,34,35)/b6-3+,11-7-,26-20+. The van der Waals surface area contributed by atoms with Gasteiger partial charge in [0.2, 0.25) is 0 Å². The second-order valence-electron chi connectivity index (χ2n) is 9.50. The fraction of sp³-hybridized carbons (Fsp3) is 0.480. The van der Waals surface area contributed by atoms with Crippen LogP contribution in [-0.4, -0.2) is 67.9 Å². The van der Waals surface area contributed by atoms with Crippen molar-refractivity contribution in [3.8, 4) is 11.5 Å². The predicted octanol–water partition coefficient (Wildman–Crippen LogP) is 3.40. The van der Waals surface area contributed by atoms with E-state index in [1.165, 1.54) is 0 Å². The Morgan fingerprint density at radius 1 is 1.02 bits per heavy atom. The minimum Gasteiger partial charge on any atom is -0.459 e. The summed E-state index contributed by atoms with van der Waals surface area (Å²) in [6.45, 7) is 2.55. The number of carbonyl (C=O) groups is 2. The third-order valence-electron chi connectivity index (χ3n) is 6.01. The average Bonchev–Trinajstić information content (AvgIpc) is 2.85. The molecule has 1 unspecified atom stereocenters. The molecule has 0 aromatic heterocycles. The second-order valence-corrected chi connectivity index (χ2v) is 11.8. The molecule has 2 aliphatic rings. The lowest BCUT2D eigenvalue weighted by Crippen LogP contribution is -2.37. The van der Waals surface area contributed by atoms with Gasteiger partial charge in [0.25, 0.3) is 5.91 Å². The van der Waals surface area contributed by atoms with Crippen molar-refractivity contribution in [1.29, 1.82) is 0 Å². The summed E-state index contributed by atoms with van der Waals surface area (Å²) < 4.78 is 38.1. The van der Waals surface area contributed by atoms with Crippen molar-refractivity contribution in [2.24, 2.45) is 5.16 Å². The monoisotopic (exact) mass is 616 g/mol. The number of benzene rings is 1. The topological polar surface area (TPSA) is 202 Å². The van der Waals surface area contributed by atoms with Gasteiger partial charge in [-0.25, -0.2) is 13.9 Å². The van der Waals surface area contributed by atoms with E-state index in [0.29, 0.717) is 32.4 Å². The van der Waals surface area contributed by atoms with Gasteiger partial charge in [0.05, 0.1) is 5.71 Å². The summed E-state index contributed by atoms with van der Waals surface area (Å²) in [5.74, 6) is -2.50. The Morgan fingerprint density at radius 3 is 2.39 bits per heavy atom. The molecular weight excluding hydrogens is 582 g/mol. The highest BCUT2D eigenvalue weighted by Gasteiger charge is 2.29. The predicted molar refractivity (Wildman–Crippen MR) is 146 cm³/mol. The maximum atomic E-state index is 13.3. The van der Waals surface area contributed by atoms with E-state index in [-0.39, 0.29) is 30.2 Å². The lowest BCUT2D eigenvalue weighted by molar-refractivity contribution is -0.137. The molecule has 1 aromatic carbocycles. The Labute approximate surface area is 237 Å². The third-order valence-corrected chi connectivity index (χ3v) is 6.89. The van der Waals surface area contributed by atoms with Gasteiger partial charge in [-0.05, 0) is 56.7 Å². The molecule has 1 aromatic rings. The lowest BCUT2D eigenvalue weighted by atomic mass is 9.99. The first-order valence-corrected chi connectivity index (χ1v) is 16.0. The molecule has 1 saturated heterocycles. The molecule has 0 aliphatic carbocycles. The van der Waals surface area contributed by atoms with Gasteiger partial charge < -0.3 is 23.5 Å². The molecule has 1 atom stereocenters. The van der Waals surface area contributed by atoms with Crippen molar-refractivity contribution in [1.82, 2.24) is 4.90 Å². The fourth-order valence-electron chi connectivity index (χ4n) is 4.24. The number of amides is 1. The highest BCUT2D eigenvalue weighted by atomic mass is 31.2. The van der Waals surface area contributed by atoms with Crippen LogP contribution in [0.2, 0.25) is 0 Å². The van der Waals surface area contributed by atoms with Gasteiger partial charge >= 0.3 is 21.6 Å². The van der Waals surface area contributed by atoms with Crippen molar-refractivity contribution in [2.45, 2.75) is 58.0 Å². The van der Waals surface area contributed by atoms with Crippen LogP contribution >= 0.6 is 15.6 Å². The molecule has 3 rings (SSSR count). The van der Waals surface area contributed by atoms with Gasteiger partial charge in [0.1, 0.15) is 23.2 Å². The number of phosphoric acid groups is 2. The zero-order valence-electron chi connectivity index (χ0n) is 22.5. The first-order valence-electron chi connectivity index (χ1n) is 13.0. The first kappa shape index (κ1) is 32.5. The van der Waals surface area contributed by atoms with E-state index in [0.717, 1.165) is 31.4 Å². The number of oxime groups is 1. The number of phosphoric ester groups is 2. The molecule has 1 fully saturated rings. The number of cyclic esters (lactones) is 1. The zero-order chi connectivity index (χ0) is 30.0. The molecule has 1 amide bonds. The van der Waals surface area contributed by atoms with Crippen molar-refractivity contribution in [2.75, 3.05) is 19.7 Å². The van der Waals surface area contributed by atoms with E-state index < -0.39 is 44.8 Å². The summed E-state index contributed by atoms with van der Waals surface area (Å²) in [4.78, 5) is 70.4. The summed E-state index contributed by atoms with van der Waals surface area (Å²) in [5, 5.41) is 4.06. The Morgan fingerprint density at radius 2 is 1.71 bits per heavy atom. The van der Waals surface area contributed by atoms with Crippen LogP contribution in [0, 0.1) is 0 Å². The summed E-state index contributed by atoms with van der Waals surface area (Å²) in [7, 11) is -10.4. The van der Waals surface area contributed by atoms with Crippen molar-refractivity contribution in [3.05, 3.63) is 47.6 Å². The molecule has 14 nitrogen and oxygen atoms in total. The molecule has 0 saturated carbocycles. The number of rotatable bonds is 7. The number of esters is 1. The van der Waals surface area contributed by atoms with Crippen LogP contribution in [0.15, 0.2) is 41.6 Å². The normalized spacial score (nSPS) is 21.7. The number of ether oxygens (including phenoxy) is 1. The van der Waals surface area contributed by atoms with E-state index in [1.807, 2.05) is 12.2 Å². The Balaban J connectivity index is 2.04. The highest BCUT2D eigenvalue weighted by molar-refractivity contribution is 7.47. The van der Waals surface area contributed by atoms with E-state index >= 15 is 0 Å². The summed E-state index contributed by atoms with van der Waals surface area (Å²) in [5.41, 5.74) is -0.265. The van der Waals surface area contributed by atoms with Crippen LogP contribution in [0.4, 0.5) is 0 Å². The van der Waals surface area contributed by atoms with Crippen LogP contribution in [0.3, 0.4) is 0 Å². The summed E-state index contributed by atoms with van der Waals surface area (Å²) >= 11 is 0. The Bertz CT molecular complexity index is 1280. The molecule has 2 aliphatic heterocycles. The van der Waals surface area contributed by atoms with Gasteiger partial charge in [-0.1, -0.05) is 23.4 Å². The maximum Gasteiger partial charge on any atom is 0.524 e. The van der Waals surface area contributed by atoms with Crippen LogP contribution < -0.4 is 9.05 Å². The number of nitrogens with zero attached hydrogens (tertiary/aromatic N) is 2.